The fourth-order valence-corrected chi connectivity index (χ4v) is 10.5. The molecule has 1 nitrogen and oxygen atoms in total. The predicted molar refractivity (Wildman–Crippen MR) is 233 cm³/mol. The maximum atomic E-state index is 2.42. The monoisotopic (exact) mass is 709 g/mol. The molecule has 9 aromatic carbocycles. The van der Waals surface area contributed by atoms with E-state index in [0.717, 1.165) is 17.1 Å². The van der Waals surface area contributed by atoms with Gasteiger partial charge in [-0.2, -0.15) is 0 Å². The molecule has 53 heavy (non-hydrogen) atoms. The summed E-state index contributed by atoms with van der Waals surface area (Å²) in [5.74, 6) is 0. The van der Waals surface area contributed by atoms with Crippen LogP contribution in [0.3, 0.4) is 0 Å². The maximum Gasteiger partial charge on any atom is 0.0468 e. The summed E-state index contributed by atoms with van der Waals surface area (Å²) in [5.41, 5.74) is 8.25. The van der Waals surface area contributed by atoms with Crippen LogP contribution in [0.15, 0.2) is 188 Å². The van der Waals surface area contributed by atoms with Crippen LogP contribution < -0.4 is 4.90 Å². The molecule has 2 aromatic heterocycles. The molecule has 0 atom stereocenters. The van der Waals surface area contributed by atoms with Crippen LogP contribution in [0.2, 0.25) is 0 Å². The summed E-state index contributed by atoms with van der Waals surface area (Å²) in [6.45, 7) is 0. The highest BCUT2D eigenvalue weighted by atomic mass is 32.1. The van der Waals surface area contributed by atoms with E-state index in [1.807, 2.05) is 22.7 Å². The molecular formula is C50H31NS2. The topological polar surface area (TPSA) is 3.24 Å². The van der Waals surface area contributed by atoms with E-state index in [1.54, 1.807) is 0 Å². The van der Waals surface area contributed by atoms with Crippen LogP contribution in [0.5, 0.6) is 0 Å². The number of benzene rings is 9. The van der Waals surface area contributed by atoms with Gasteiger partial charge in [-0.05, 0) is 98.4 Å². The van der Waals surface area contributed by atoms with Crippen molar-refractivity contribution in [2.24, 2.45) is 0 Å². The Hall–Kier alpha value is -6.26. The molecule has 0 unspecified atom stereocenters. The van der Waals surface area contributed by atoms with Gasteiger partial charge in [0.15, 0.2) is 0 Å². The number of fused-ring (bicyclic) bond motifs is 10. The summed E-state index contributed by atoms with van der Waals surface area (Å²) >= 11 is 3.81. The zero-order valence-corrected chi connectivity index (χ0v) is 30.3. The second-order valence-electron chi connectivity index (χ2n) is 13.7. The van der Waals surface area contributed by atoms with Crippen molar-refractivity contribution in [1.29, 1.82) is 0 Å². The molecule has 0 aliphatic heterocycles. The first-order valence-corrected chi connectivity index (χ1v) is 19.6. The molecule has 0 radical (unpaired) electrons. The minimum atomic E-state index is 1.12. The number of hydrogen-bond acceptors (Lipinski definition) is 3. The third-order valence-electron chi connectivity index (χ3n) is 10.6. The summed E-state index contributed by atoms with van der Waals surface area (Å²) in [5, 5.41) is 10.5. The van der Waals surface area contributed by atoms with E-state index in [0.29, 0.717) is 0 Å². The molecular weight excluding hydrogens is 679 g/mol. The average Bonchev–Trinajstić information content (AvgIpc) is 3.80. The number of rotatable bonds is 5. The van der Waals surface area contributed by atoms with Crippen molar-refractivity contribution in [3.63, 3.8) is 0 Å². The summed E-state index contributed by atoms with van der Waals surface area (Å²) in [6, 6.07) is 69.0. The van der Waals surface area contributed by atoms with Gasteiger partial charge in [-0.25, -0.2) is 0 Å². The molecule has 248 valence electrons. The molecule has 0 saturated heterocycles. The first kappa shape index (κ1) is 30.4. The van der Waals surface area contributed by atoms with E-state index in [2.05, 4.69) is 193 Å². The lowest BCUT2D eigenvalue weighted by molar-refractivity contribution is 1.29. The Kier molecular flexibility index (Phi) is 6.97. The highest BCUT2D eigenvalue weighted by Gasteiger charge is 2.19. The van der Waals surface area contributed by atoms with Crippen LogP contribution in [-0.2, 0) is 0 Å². The lowest BCUT2D eigenvalue weighted by Crippen LogP contribution is -2.10. The van der Waals surface area contributed by atoms with Crippen LogP contribution in [-0.4, -0.2) is 0 Å². The highest BCUT2D eigenvalue weighted by molar-refractivity contribution is 7.28. The Bertz CT molecular complexity index is 3160. The van der Waals surface area contributed by atoms with Gasteiger partial charge in [-0.3, -0.25) is 0 Å². The molecule has 0 saturated carbocycles. The zero-order valence-electron chi connectivity index (χ0n) is 28.7. The van der Waals surface area contributed by atoms with E-state index in [4.69, 9.17) is 0 Å². The standard InChI is InChI=1S/C50H31NS2/c1-2-10-32(11-3-1)36-15-8-16-38(30-36)51(37-23-20-35(21-24-37)41-19-9-14-33-12-4-6-17-40(33)41)39-25-27-45-44(31-39)49-46(52-45)28-29-47-48(49)43-26-22-34-13-5-7-18-42(34)50(43)53-47/h1-31H. The van der Waals surface area contributed by atoms with Crippen LogP contribution in [0.25, 0.3) is 84.1 Å². The molecule has 2 heterocycles. The fraction of sp³-hybridized carbons (Fsp3) is 0. The molecule has 0 N–H and O–H groups in total. The minimum absolute atomic E-state index is 1.12. The fourth-order valence-electron chi connectivity index (χ4n) is 8.16. The average molecular weight is 710 g/mol. The Morgan fingerprint density at radius 1 is 0.321 bits per heavy atom. The Labute approximate surface area is 315 Å². The lowest BCUT2D eigenvalue weighted by Gasteiger charge is -2.26. The summed E-state index contributed by atoms with van der Waals surface area (Å²) in [4.78, 5) is 2.42. The number of hydrogen-bond donors (Lipinski definition) is 0. The molecule has 11 aromatic rings. The normalized spacial score (nSPS) is 11.8. The number of nitrogens with zero attached hydrogens (tertiary/aromatic N) is 1. The molecule has 0 fully saturated rings. The van der Waals surface area contributed by atoms with Crippen molar-refractivity contribution in [2.75, 3.05) is 4.90 Å². The largest absolute Gasteiger partial charge is 0.310 e. The highest BCUT2D eigenvalue weighted by Crippen LogP contribution is 2.48. The first-order valence-electron chi connectivity index (χ1n) is 18.0. The molecule has 0 aliphatic rings. The van der Waals surface area contributed by atoms with Gasteiger partial charge >= 0.3 is 0 Å². The van der Waals surface area contributed by atoms with Gasteiger partial charge in [0.2, 0.25) is 0 Å². The summed E-state index contributed by atoms with van der Waals surface area (Å²) < 4.78 is 5.34. The van der Waals surface area contributed by atoms with Gasteiger partial charge in [0.05, 0.1) is 0 Å². The predicted octanol–water partition coefficient (Wildman–Crippen LogP) is 15.5. The van der Waals surface area contributed by atoms with E-state index < -0.39 is 0 Å². The van der Waals surface area contributed by atoms with E-state index >= 15 is 0 Å². The molecule has 0 aliphatic carbocycles. The number of anilines is 3. The first-order chi connectivity index (χ1) is 26.3. The van der Waals surface area contributed by atoms with Crippen molar-refractivity contribution in [3.8, 4) is 22.3 Å². The minimum Gasteiger partial charge on any atom is -0.310 e. The molecule has 0 bridgehead atoms. The SMILES string of the molecule is c1ccc(-c2cccc(N(c3ccc(-c4cccc5ccccc45)cc3)c3ccc4sc5ccc6sc7c8ccccc8ccc7c6c5c4c3)c2)cc1. The second-order valence-corrected chi connectivity index (χ2v) is 15.8. The summed E-state index contributed by atoms with van der Waals surface area (Å²) in [7, 11) is 0. The quantitative estimate of drug-likeness (QED) is 0.172. The van der Waals surface area contributed by atoms with Crippen LogP contribution in [0, 0.1) is 0 Å². The van der Waals surface area contributed by atoms with E-state index in [1.165, 1.54) is 84.1 Å². The molecule has 3 heteroatoms. The third-order valence-corrected chi connectivity index (χ3v) is 13.0. The molecule has 11 rings (SSSR count). The second kappa shape index (κ2) is 12.2. The van der Waals surface area contributed by atoms with Crippen molar-refractivity contribution >= 4 is 102 Å². The molecule has 0 amide bonds. The Morgan fingerprint density at radius 2 is 0.943 bits per heavy atom. The van der Waals surface area contributed by atoms with Crippen molar-refractivity contribution in [3.05, 3.63) is 188 Å². The van der Waals surface area contributed by atoms with Gasteiger partial charge < -0.3 is 4.90 Å². The Morgan fingerprint density at radius 3 is 1.79 bits per heavy atom. The van der Waals surface area contributed by atoms with Gasteiger partial charge in [-0.15, -0.1) is 22.7 Å². The maximum absolute atomic E-state index is 2.42. The third kappa shape index (κ3) is 4.97. The van der Waals surface area contributed by atoms with Gasteiger partial charge in [0.25, 0.3) is 0 Å². The summed E-state index contributed by atoms with van der Waals surface area (Å²) in [6.07, 6.45) is 0. The van der Waals surface area contributed by atoms with Crippen LogP contribution in [0.4, 0.5) is 17.1 Å². The van der Waals surface area contributed by atoms with Crippen molar-refractivity contribution in [2.45, 2.75) is 0 Å². The number of thiophene rings is 2. The van der Waals surface area contributed by atoms with Crippen molar-refractivity contribution < 1.29 is 0 Å². The zero-order chi connectivity index (χ0) is 34.9. The van der Waals surface area contributed by atoms with Gasteiger partial charge in [-0.1, -0.05) is 133 Å². The van der Waals surface area contributed by atoms with E-state index in [-0.39, 0.29) is 0 Å². The van der Waals surface area contributed by atoms with E-state index in [9.17, 15) is 0 Å². The molecule has 0 spiro atoms. The Balaban J connectivity index is 1.12. The van der Waals surface area contributed by atoms with Gasteiger partial charge in [0, 0.05) is 57.4 Å². The van der Waals surface area contributed by atoms with Gasteiger partial charge in [0.1, 0.15) is 0 Å². The van der Waals surface area contributed by atoms with Crippen LogP contribution >= 0.6 is 22.7 Å². The van der Waals surface area contributed by atoms with Crippen LogP contribution in [0.1, 0.15) is 0 Å². The van der Waals surface area contributed by atoms with Crippen molar-refractivity contribution in [1.82, 2.24) is 0 Å². The smallest absolute Gasteiger partial charge is 0.0468 e. The lowest BCUT2D eigenvalue weighted by atomic mass is 9.98.